The number of rotatable bonds is 5. The topological polar surface area (TPSA) is 58.1 Å². The maximum absolute atomic E-state index is 12.3. The molecule has 0 aliphatic carbocycles. The smallest absolute Gasteiger partial charge is 0.317 e. The van der Waals surface area contributed by atoms with Crippen LogP contribution in [0, 0.1) is 0 Å². The molecular formula is C18H20N4OS. The van der Waals surface area contributed by atoms with Crippen LogP contribution in [0.25, 0.3) is 10.9 Å². The maximum Gasteiger partial charge on any atom is 0.317 e. The van der Waals surface area contributed by atoms with Crippen molar-refractivity contribution in [2.75, 3.05) is 13.6 Å². The molecule has 0 aliphatic rings. The van der Waals surface area contributed by atoms with Crippen molar-refractivity contribution in [3.63, 3.8) is 0 Å². The SMILES string of the molecule is C[C@H](CN(C)C(=O)NCc1ccnc2ccccc12)c1nccs1. The lowest BCUT2D eigenvalue weighted by Gasteiger charge is -2.21. The Bertz CT molecular complexity index is 814. The van der Waals surface area contributed by atoms with Gasteiger partial charge in [0.2, 0.25) is 0 Å². The highest BCUT2D eigenvalue weighted by Crippen LogP contribution is 2.19. The number of hydrogen-bond donors (Lipinski definition) is 1. The van der Waals surface area contributed by atoms with Crippen molar-refractivity contribution in [2.45, 2.75) is 19.4 Å². The standard InChI is InChI=1S/C18H20N4OS/c1-13(17-20-9-10-24-17)12-22(2)18(23)21-11-14-7-8-19-16-6-4-3-5-15(14)16/h3-10,13H,11-12H2,1-2H3,(H,21,23)/t13-/m1/s1. The molecular weight excluding hydrogens is 320 g/mol. The summed E-state index contributed by atoms with van der Waals surface area (Å²) in [6.45, 7) is 3.20. The van der Waals surface area contributed by atoms with Crippen molar-refractivity contribution in [1.29, 1.82) is 0 Å². The molecule has 2 heterocycles. The summed E-state index contributed by atoms with van der Waals surface area (Å²) >= 11 is 1.62. The molecule has 0 saturated carbocycles. The first-order valence-corrected chi connectivity index (χ1v) is 8.74. The second-order valence-corrected chi connectivity index (χ2v) is 6.72. The average Bonchev–Trinajstić information content (AvgIpc) is 3.14. The number of pyridine rings is 1. The number of aromatic nitrogens is 2. The summed E-state index contributed by atoms with van der Waals surface area (Å²) in [5.41, 5.74) is 2.00. The van der Waals surface area contributed by atoms with Crippen molar-refractivity contribution in [3.8, 4) is 0 Å². The number of thiazole rings is 1. The van der Waals surface area contributed by atoms with Gasteiger partial charge in [0.05, 0.1) is 10.5 Å². The molecule has 1 atom stereocenters. The third-order valence-corrected chi connectivity index (χ3v) is 4.94. The summed E-state index contributed by atoms with van der Waals surface area (Å²) in [6.07, 6.45) is 3.57. The zero-order valence-corrected chi connectivity index (χ0v) is 14.6. The number of urea groups is 1. The van der Waals surface area contributed by atoms with Gasteiger partial charge in [-0.05, 0) is 17.7 Å². The van der Waals surface area contributed by atoms with E-state index in [0.29, 0.717) is 13.1 Å². The third-order valence-electron chi connectivity index (χ3n) is 3.94. The van der Waals surface area contributed by atoms with E-state index < -0.39 is 0 Å². The van der Waals surface area contributed by atoms with E-state index >= 15 is 0 Å². The summed E-state index contributed by atoms with van der Waals surface area (Å²) < 4.78 is 0. The van der Waals surface area contributed by atoms with Crippen LogP contribution >= 0.6 is 11.3 Å². The first-order valence-electron chi connectivity index (χ1n) is 7.86. The highest BCUT2D eigenvalue weighted by Gasteiger charge is 2.15. The number of nitrogens with one attached hydrogen (secondary N) is 1. The Morgan fingerprint density at radius 3 is 2.88 bits per heavy atom. The van der Waals surface area contributed by atoms with Crippen LogP contribution in [0.5, 0.6) is 0 Å². The first kappa shape index (κ1) is 16.4. The zero-order valence-electron chi connectivity index (χ0n) is 13.8. The van der Waals surface area contributed by atoms with Gasteiger partial charge in [-0.15, -0.1) is 11.3 Å². The van der Waals surface area contributed by atoms with E-state index in [0.717, 1.165) is 21.5 Å². The Labute approximate surface area is 145 Å². The van der Waals surface area contributed by atoms with Gasteiger partial charge in [0, 0.05) is 49.2 Å². The molecule has 1 aromatic carbocycles. The van der Waals surface area contributed by atoms with Crippen molar-refractivity contribution < 1.29 is 4.79 Å². The van der Waals surface area contributed by atoms with Gasteiger partial charge in [-0.1, -0.05) is 25.1 Å². The minimum atomic E-state index is -0.0840. The zero-order chi connectivity index (χ0) is 16.9. The third kappa shape index (κ3) is 3.71. The molecule has 0 unspecified atom stereocenters. The fourth-order valence-electron chi connectivity index (χ4n) is 2.66. The predicted octanol–water partition coefficient (Wildman–Crippen LogP) is 3.64. The van der Waals surface area contributed by atoms with Gasteiger partial charge in [0.25, 0.3) is 0 Å². The number of para-hydroxylation sites is 1. The fourth-order valence-corrected chi connectivity index (χ4v) is 3.35. The average molecular weight is 340 g/mol. The van der Waals surface area contributed by atoms with E-state index in [4.69, 9.17) is 0 Å². The van der Waals surface area contributed by atoms with Gasteiger partial charge < -0.3 is 10.2 Å². The molecule has 0 spiro atoms. The highest BCUT2D eigenvalue weighted by molar-refractivity contribution is 7.09. The van der Waals surface area contributed by atoms with Crippen LogP contribution in [-0.4, -0.2) is 34.5 Å². The minimum Gasteiger partial charge on any atom is -0.334 e. The van der Waals surface area contributed by atoms with E-state index in [-0.39, 0.29) is 11.9 Å². The molecule has 2 aromatic heterocycles. The second kappa shape index (κ2) is 7.40. The molecule has 3 rings (SSSR count). The molecule has 24 heavy (non-hydrogen) atoms. The van der Waals surface area contributed by atoms with Gasteiger partial charge in [-0.2, -0.15) is 0 Å². The minimum absolute atomic E-state index is 0.0840. The summed E-state index contributed by atoms with van der Waals surface area (Å²) in [4.78, 5) is 22.7. The lowest BCUT2D eigenvalue weighted by Crippen LogP contribution is -2.38. The predicted molar refractivity (Wildman–Crippen MR) is 97.1 cm³/mol. The molecule has 0 fully saturated rings. The number of fused-ring (bicyclic) bond motifs is 1. The number of hydrogen-bond acceptors (Lipinski definition) is 4. The van der Waals surface area contributed by atoms with Crippen LogP contribution < -0.4 is 5.32 Å². The van der Waals surface area contributed by atoms with Crippen LogP contribution in [0.3, 0.4) is 0 Å². The Kier molecular flexibility index (Phi) is 5.05. The molecule has 2 amide bonds. The van der Waals surface area contributed by atoms with Crippen LogP contribution in [-0.2, 0) is 6.54 Å². The molecule has 1 N–H and O–H groups in total. The van der Waals surface area contributed by atoms with Gasteiger partial charge in [0.15, 0.2) is 0 Å². The van der Waals surface area contributed by atoms with Crippen LogP contribution in [0.1, 0.15) is 23.4 Å². The van der Waals surface area contributed by atoms with E-state index in [1.54, 1.807) is 28.6 Å². The van der Waals surface area contributed by atoms with Crippen LogP contribution in [0.15, 0.2) is 48.1 Å². The number of benzene rings is 1. The summed E-state index contributed by atoms with van der Waals surface area (Å²) in [5, 5.41) is 7.06. The molecule has 0 aliphatic heterocycles. The normalized spacial score (nSPS) is 12.1. The lowest BCUT2D eigenvalue weighted by molar-refractivity contribution is 0.206. The van der Waals surface area contributed by atoms with E-state index in [9.17, 15) is 4.79 Å². The summed E-state index contributed by atoms with van der Waals surface area (Å²) in [6, 6.07) is 9.81. The van der Waals surface area contributed by atoms with Crippen molar-refractivity contribution >= 4 is 28.3 Å². The Hall–Kier alpha value is -2.47. The van der Waals surface area contributed by atoms with Crippen molar-refractivity contribution in [2.24, 2.45) is 0 Å². The summed E-state index contributed by atoms with van der Waals surface area (Å²) in [7, 11) is 1.81. The van der Waals surface area contributed by atoms with E-state index in [1.807, 2.05) is 42.8 Å². The number of likely N-dealkylation sites (N-methyl/N-ethyl adjacent to an activating group) is 1. The molecule has 0 bridgehead atoms. The van der Waals surface area contributed by atoms with Crippen molar-refractivity contribution in [1.82, 2.24) is 20.2 Å². The Morgan fingerprint density at radius 1 is 1.25 bits per heavy atom. The summed E-state index contributed by atoms with van der Waals surface area (Å²) in [5.74, 6) is 0.225. The molecule has 0 radical (unpaired) electrons. The van der Waals surface area contributed by atoms with Gasteiger partial charge >= 0.3 is 6.03 Å². The first-order chi connectivity index (χ1) is 11.6. The molecule has 0 saturated heterocycles. The van der Waals surface area contributed by atoms with Gasteiger partial charge in [0.1, 0.15) is 0 Å². The largest absolute Gasteiger partial charge is 0.334 e. The van der Waals surface area contributed by atoms with Gasteiger partial charge in [-0.3, -0.25) is 4.98 Å². The highest BCUT2D eigenvalue weighted by atomic mass is 32.1. The van der Waals surface area contributed by atoms with Gasteiger partial charge in [-0.25, -0.2) is 9.78 Å². The Balaban J connectivity index is 1.60. The van der Waals surface area contributed by atoms with Crippen LogP contribution in [0.2, 0.25) is 0 Å². The lowest BCUT2D eigenvalue weighted by atomic mass is 10.1. The van der Waals surface area contributed by atoms with E-state index in [2.05, 4.69) is 22.2 Å². The monoisotopic (exact) mass is 340 g/mol. The fraction of sp³-hybridized carbons (Fsp3) is 0.278. The molecule has 124 valence electrons. The number of carbonyl (C=O) groups excluding carboxylic acids is 1. The molecule has 6 heteroatoms. The van der Waals surface area contributed by atoms with E-state index in [1.165, 1.54) is 0 Å². The number of carbonyl (C=O) groups is 1. The number of nitrogens with zero attached hydrogens (tertiary/aromatic N) is 3. The molecule has 5 nitrogen and oxygen atoms in total. The molecule has 3 aromatic rings. The maximum atomic E-state index is 12.3. The number of amides is 2. The second-order valence-electron chi connectivity index (χ2n) is 5.80. The van der Waals surface area contributed by atoms with Crippen molar-refractivity contribution in [3.05, 3.63) is 58.7 Å². The van der Waals surface area contributed by atoms with Crippen LogP contribution in [0.4, 0.5) is 4.79 Å². The Morgan fingerprint density at radius 2 is 2.08 bits per heavy atom. The quantitative estimate of drug-likeness (QED) is 0.771.